The molecule has 40 heavy (non-hydrogen) atoms. The number of rotatable bonds is 11. The van der Waals surface area contributed by atoms with Crippen molar-refractivity contribution in [2.45, 2.75) is 60.3 Å². The second-order valence-electron chi connectivity index (χ2n) is 11.6. The van der Waals surface area contributed by atoms with Crippen LogP contribution in [-0.2, 0) is 9.59 Å². The summed E-state index contributed by atoms with van der Waals surface area (Å²) in [5.41, 5.74) is 5.25. The average Bonchev–Trinajstić information content (AvgIpc) is 2.91. The third kappa shape index (κ3) is 7.96. The lowest BCUT2D eigenvalue weighted by atomic mass is 9.92. The predicted octanol–water partition coefficient (Wildman–Crippen LogP) is 6.09. The summed E-state index contributed by atoms with van der Waals surface area (Å²) in [6.45, 7) is 15.4. The minimum atomic E-state index is -0.162. The number of amides is 2. The Labute approximate surface area is 239 Å². The average molecular weight is 544 g/mol. The fraction of sp³-hybridized carbons (Fsp3) is 0.485. The molecule has 2 atom stereocenters. The van der Waals surface area contributed by atoms with Crippen LogP contribution in [0.5, 0.6) is 0 Å². The van der Waals surface area contributed by atoms with E-state index in [-0.39, 0.29) is 24.7 Å². The Morgan fingerprint density at radius 1 is 1.00 bits per heavy atom. The van der Waals surface area contributed by atoms with Crippen LogP contribution in [0.4, 0.5) is 17.2 Å². The van der Waals surface area contributed by atoms with Gasteiger partial charge in [-0.2, -0.15) is 0 Å². The first-order valence-corrected chi connectivity index (χ1v) is 14.8. The maximum atomic E-state index is 12.6. The number of aryl methyl sites for hydroxylation is 2. The molecule has 1 fully saturated rings. The molecule has 1 aromatic heterocycles. The smallest absolute Gasteiger partial charge is 0.224 e. The molecule has 0 spiro atoms. The standard InChI is InChI=1S/C33H45N5O2/c1-6-37(28-10-7-9-23(2)18-28)16-8-15-34-32(39)13-14-33(40)35-27-11-12-30-29(20-27)26(5)19-31(36-30)38-21-24(3)17-25(4)22-38/h7,9-12,18-20,24-25H,6,8,13-17,21-22H2,1-5H3,(H,34,39)(H,35,40)/t24-,25-/m0/s1. The van der Waals surface area contributed by atoms with Gasteiger partial charge in [0.05, 0.1) is 5.52 Å². The molecule has 1 aliphatic heterocycles. The van der Waals surface area contributed by atoms with Gasteiger partial charge in [0.1, 0.15) is 5.82 Å². The van der Waals surface area contributed by atoms with Gasteiger partial charge in [-0.15, -0.1) is 0 Å². The number of hydrogen-bond acceptors (Lipinski definition) is 5. The maximum Gasteiger partial charge on any atom is 0.224 e. The van der Waals surface area contributed by atoms with Gasteiger partial charge >= 0.3 is 0 Å². The highest BCUT2D eigenvalue weighted by molar-refractivity contribution is 5.96. The first kappa shape index (κ1) is 29.4. The van der Waals surface area contributed by atoms with E-state index in [1.165, 1.54) is 17.7 Å². The fourth-order valence-electron chi connectivity index (χ4n) is 5.80. The van der Waals surface area contributed by atoms with Crippen molar-refractivity contribution in [2.75, 3.05) is 47.8 Å². The molecule has 0 saturated carbocycles. The SMILES string of the molecule is CCN(CCCNC(=O)CCC(=O)Nc1ccc2nc(N3C[C@@H](C)C[C@H](C)C3)cc(C)c2c1)c1cccc(C)c1. The van der Waals surface area contributed by atoms with E-state index in [9.17, 15) is 9.59 Å². The van der Waals surface area contributed by atoms with Crippen LogP contribution in [-0.4, -0.2) is 49.5 Å². The zero-order valence-corrected chi connectivity index (χ0v) is 24.8. The summed E-state index contributed by atoms with van der Waals surface area (Å²) in [4.78, 5) is 34.6. The molecule has 2 amide bonds. The predicted molar refractivity (Wildman–Crippen MR) is 166 cm³/mol. The Bertz CT molecular complexity index is 1310. The van der Waals surface area contributed by atoms with E-state index in [0.29, 0.717) is 18.4 Å². The zero-order valence-electron chi connectivity index (χ0n) is 24.8. The molecule has 1 saturated heterocycles. The minimum Gasteiger partial charge on any atom is -0.372 e. The minimum absolute atomic E-state index is 0.0961. The van der Waals surface area contributed by atoms with E-state index in [2.05, 4.69) is 85.4 Å². The van der Waals surface area contributed by atoms with Gasteiger partial charge in [-0.3, -0.25) is 9.59 Å². The van der Waals surface area contributed by atoms with Crippen molar-refractivity contribution in [3.63, 3.8) is 0 Å². The normalized spacial score (nSPS) is 17.1. The van der Waals surface area contributed by atoms with Gasteiger partial charge < -0.3 is 20.4 Å². The van der Waals surface area contributed by atoms with Crippen LogP contribution >= 0.6 is 0 Å². The molecule has 0 bridgehead atoms. The number of pyridine rings is 1. The van der Waals surface area contributed by atoms with Crippen molar-refractivity contribution in [3.8, 4) is 0 Å². The lowest BCUT2D eigenvalue weighted by molar-refractivity contribution is -0.124. The van der Waals surface area contributed by atoms with E-state index in [1.54, 1.807) is 0 Å². The van der Waals surface area contributed by atoms with Gasteiger partial charge in [0, 0.05) is 62.3 Å². The third-order valence-corrected chi connectivity index (χ3v) is 7.73. The summed E-state index contributed by atoms with van der Waals surface area (Å²) in [5, 5.41) is 6.94. The number of hydrogen-bond donors (Lipinski definition) is 2. The topological polar surface area (TPSA) is 77.6 Å². The Balaban J connectivity index is 1.23. The number of piperidine rings is 1. The van der Waals surface area contributed by atoms with Gasteiger partial charge in [-0.05, 0) is 93.0 Å². The molecule has 7 nitrogen and oxygen atoms in total. The van der Waals surface area contributed by atoms with Crippen LogP contribution < -0.4 is 20.4 Å². The first-order valence-electron chi connectivity index (χ1n) is 14.8. The molecular weight excluding hydrogens is 498 g/mol. The van der Waals surface area contributed by atoms with Crippen LogP contribution in [0.15, 0.2) is 48.5 Å². The van der Waals surface area contributed by atoms with E-state index in [1.807, 2.05) is 18.2 Å². The second kappa shape index (κ2) is 13.6. The maximum absolute atomic E-state index is 12.6. The third-order valence-electron chi connectivity index (χ3n) is 7.73. The summed E-state index contributed by atoms with van der Waals surface area (Å²) >= 11 is 0. The molecule has 2 aromatic carbocycles. The highest BCUT2D eigenvalue weighted by atomic mass is 16.2. The fourth-order valence-corrected chi connectivity index (χ4v) is 5.80. The van der Waals surface area contributed by atoms with E-state index < -0.39 is 0 Å². The lowest BCUT2D eigenvalue weighted by Gasteiger charge is -2.36. The van der Waals surface area contributed by atoms with Gasteiger partial charge in [-0.1, -0.05) is 26.0 Å². The van der Waals surface area contributed by atoms with Crippen molar-refractivity contribution >= 4 is 39.9 Å². The molecule has 0 unspecified atom stereocenters. The number of fused-ring (bicyclic) bond motifs is 1. The Morgan fingerprint density at radius 2 is 1.75 bits per heavy atom. The number of nitrogens with zero attached hydrogens (tertiary/aromatic N) is 3. The number of carbonyl (C=O) groups excluding carboxylic acids is 2. The van der Waals surface area contributed by atoms with Gasteiger partial charge in [0.15, 0.2) is 0 Å². The van der Waals surface area contributed by atoms with Crippen molar-refractivity contribution in [3.05, 3.63) is 59.7 Å². The lowest BCUT2D eigenvalue weighted by Crippen LogP contribution is -2.39. The van der Waals surface area contributed by atoms with Crippen LogP contribution in [0.3, 0.4) is 0 Å². The number of benzene rings is 2. The van der Waals surface area contributed by atoms with Crippen molar-refractivity contribution in [1.29, 1.82) is 0 Å². The summed E-state index contributed by atoms with van der Waals surface area (Å²) in [6, 6.07) is 16.5. The van der Waals surface area contributed by atoms with E-state index in [4.69, 9.17) is 4.98 Å². The second-order valence-corrected chi connectivity index (χ2v) is 11.6. The highest BCUT2D eigenvalue weighted by Crippen LogP contribution is 2.29. The van der Waals surface area contributed by atoms with Crippen LogP contribution in [0.25, 0.3) is 10.9 Å². The van der Waals surface area contributed by atoms with E-state index >= 15 is 0 Å². The summed E-state index contributed by atoms with van der Waals surface area (Å²) in [7, 11) is 0. The Kier molecular flexibility index (Phi) is 10.0. The van der Waals surface area contributed by atoms with Crippen LogP contribution in [0.2, 0.25) is 0 Å². The molecule has 0 aliphatic carbocycles. The number of carbonyl (C=O) groups is 2. The molecule has 1 aliphatic rings. The number of aromatic nitrogens is 1. The van der Waals surface area contributed by atoms with Gasteiger partial charge in [0.25, 0.3) is 0 Å². The zero-order chi connectivity index (χ0) is 28.6. The Morgan fingerprint density at radius 3 is 2.48 bits per heavy atom. The molecule has 4 rings (SSSR count). The summed E-state index contributed by atoms with van der Waals surface area (Å²) in [6.07, 6.45) is 2.43. The summed E-state index contributed by atoms with van der Waals surface area (Å²) in [5.74, 6) is 2.10. The summed E-state index contributed by atoms with van der Waals surface area (Å²) < 4.78 is 0. The largest absolute Gasteiger partial charge is 0.372 e. The number of nitrogens with one attached hydrogen (secondary N) is 2. The van der Waals surface area contributed by atoms with Crippen LogP contribution in [0.1, 0.15) is 57.6 Å². The monoisotopic (exact) mass is 543 g/mol. The van der Waals surface area contributed by atoms with E-state index in [0.717, 1.165) is 60.6 Å². The molecule has 2 N–H and O–H groups in total. The van der Waals surface area contributed by atoms with Gasteiger partial charge in [0.2, 0.25) is 11.8 Å². The molecule has 7 heteroatoms. The molecule has 3 aromatic rings. The molecule has 2 heterocycles. The first-order chi connectivity index (χ1) is 19.2. The molecular formula is C33H45N5O2. The number of anilines is 3. The highest BCUT2D eigenvalue weighted by Gasteiger charge is 2.23. The quantitative estimate of drug-likeness (QED) is 0.286. The van der Waals surface area contributed by atoms with Crippen molar-refractivity contribution in [2.24, 2.45) is 11.8 Å². The van der Waals surface area contributed by atoms with Crippen LogP contribution in [0, 0.1) is 25.7 Å². The van der Waals surface area contributed by atoms with Gasteiger partial charge in [-0.25, -0.2) is 4.98 Å². The molecule has 214 valence electrons. The van der Waals surface area contributed by atoms with Crippen molar-refractivity contribution in [1.82, 2.24) is 10.3 Å². The molecule has 0 radical (unpaired) electrons. The van der Waals surface area contributed by atoms with Crippen molar-refractivity contribution < 1.29 is 9.59 Å². The Hall–Kier alpha value is -3.61.